The molecule has 2 aliphatic heterocycles. The average Bonchev–Trinajstić information content (AvgIpc) is 3.20. The van der Waals surface area contributed by atoms with Crippen LogP contribution in [0.15, 0.2) is 30.6 Å². The monoisotopic (exact) mass is 451 g/mol. The summed E-state index contributed by atoms with van der Waals surface area (Å²) in [6.07, 6.45) is -3.30. The van der Waals surface area contributed by atoms with E-state index in [1.807, 2.05) is 6.92 Å². The molecule has 2 aromatic heterocycles. The summed E-state index contributed by atoms with van der Waals surface area (Å²) in [4.78, 5) is 12.7. The molecular formula is C21H21F4N5O2. The van der Waals surface area contributed by atoms with Crippen LogP contribution >= 0.6 is 0 Å². The van der Waals surface area contributed by atoms with Crippen LogP contribution < -0.4 is 10.1 Å². The van der Waals surface area contributed by atoms with Gasteiger partial charge in [0.15, 0.2) is 0 Å². The van der Waals surface area contributed by atoms with Gasteiger partial charge in [0.1, 0.15) is 41.7 Å². The van der Waals surface area contributed by atoms with E-state index in [1.54, 1.807) is 6.07 Å². The summed E-state index contributed by atoms with van der Waals surface area (Å²) in [6, 6.07) is 4.73. The normalized spacial score (nSPS) is 24.2. The fourth-order valence-corrected chi connectivity index (χ4v) is 4.36. The second-order valence-electron chi connectivity index (χ2n) is 8.02. The molecule has 7 nitrogen and oxygen atoms in total. The fraction of sp³-hybridized carbons (Fsp3) is 0.429. The minimum absolute atomic E-state index is 0.0313. The molecule has 1 saturated heterocycles. The minimum Gasteiger partial charge on any atom is -0.491 e. The Morgan fingerprint density at radius 1 is 1.22 bits per heavy atom. The molecule has 3 aromatic rings. The van der Waals surface area contributed by atoms with Gasteiger partial charge in [0, 0.05) is 24.7 Å². The highest BCUT2D eigenvalue weighted by Gasteiger charge is 2.38. The number of benzene rings is 1. The smallest absolute Gasteiger partial charge is 0.431 e. The third kappa shape index (κ3) is 3.86. The highest BCUT2D eigenvalue weighted by molar-refractivity contribution is 5.88. The summed E-state index contributed by atoms with van der Waals surface area (Å²) >= 11 is 0. The van der Waals surface area contributed by atoms with Crippen molar-refractivity contribution < 1.29 is 27.0 Å². The standard InChI is InChI=1S/C21H21F4N5O2/c1-11-8-30(4-5-31-11)15-9-32-16-6-12(22)2-3-13(16)18(15)29-20-14-7-17(21(23,24)25)28-19(14)26-10-27-20/h2-3,6-7,10-11,15,18H,4-5,8-9H2,1H3,(H2,26,27,28,29)/t11-,15-,18-/m0/s1. The molecule has 11 heteroatoms. The first-order valence-electron chi connectivity index (χ1n) is 10.2. The number of H-pyrrole nitrogens is 1. The van der Waals surface area contributed by atoms with Gasteiger partial charge >= 0.3 is 6.18 Å². The number of morpholine rings is 1. The molecule has 1 aromatic carbocycles. The molecule has 0 unspecified atom stereocenters. The van der Waals surface area contributed by atoms with Crippen molar-refractivity contribution in [1.82, 2.24) is 19.9 Å². The number of rotatable bonds is 3. The molecule has 5 rings (SSSR count). The van der Waals surface area contributed by atoms with Crippen molar-refractivity contribution in [3.8, 4) is 5.75 Å². The summed E-state index contributed by atoms with van der Waals surface area (Å²) in [5.74, 6) is 0.233. The van der Waals surface area contributed by atoms with E-state index in [9.17, 15) is 17.6 Å². The molecule has 0 amide bonds. The number of nitrogens with one attached hydrogen (secondary N) is 2. The van der Waals surface area contributed by atoms with Gasteiger partial charge in [0.2, 0.25) is 0 Å². The van der Waals surface area contributed by atoms with Crippen molar-refractivity contribution in [2.45, 2.75) is 31.3 Å². The molecule has 0 radical (unpaired) electrons. The van der Waals surface area contributed by atoms with E-state index in [-0.39, 0.29) is 35.6 Å². The Kier molecular flexibility index (Phi) is 5.17. The summed E-state index contributed by atoms with van der Waals surface area (Å²) in [7, 11) is 0. The topological polar surface area (TPSA) is 75.3 Å². The number of fused-ring (bicyclic) bond motifs is 2. The Morgan fingerprint density at radius 2 is 2.06 bits per heavy atom. The van der Waals surface area contributed by atoms with Crippen molar-refractivity contribution in [2.24, 2.45) is 0 Å². The van der Waals surface area contributed by atoms with Crippen LogP contribution in [0.1, 0.15) is 24.2 Å². The maximum atomic E-state index is 13.8. The zero-order valence-corrected chi connectivity index (χ0v) is 17.1. The van der Waals surface area contributed by atoms with Gasteiger partial charge in [-0.1, -0.05) is 6.07 Å². The number of ether oxygens (including phenoxy) is 2. The summed E-state index contributed by atoms with van der Waals surface area (Å²) in [5.41, 5.74) is -0.109. The van der Waals surface area contributed by atoms with Gasteiger partial charge < -0.3 is 19.8 Å². The molecule has 0 saturated carbocycles. The number of hydrogen-bond donors (Lipinski definition) is 2. The van der Waals surface area contributed by atoms with Gasteiger partial charge in [-0.05, 0) is 19.1 Å². The molecule has 0 bridgehead atoms. The molecule has 0 spiro atoms. The maximum absolute atomic E-state index is 13.8. The van der Waals surface area contributed by atoms with Crippen molar-refractivity contribution >= 4 is 16.9 Å². The minimum atomic E-state index is -4.53. The largest absolute Gasteiger partial charge is 0.491 e. The average molecular weight is 451 g/mol. The number of hydrogen-bond acceptors (Lipinski definition) is 6. The van der Waals surface area contributed by atoms with Gasteiger partial charge in [-0.25, -0.2) is 14.4 Å². The molecule has 170 valence electrons. The molecule has 1 fully saturated rings. The Hall–Kier alpha value is -2.92. The van der Waals surface area contributed by atoms with Crippen LogP contribution in [-0.2, 0) is 10.9 Å². The van der Waals surface area contributed by atoms with Crippen LogP contribution in [0.4, 0.5) is 23.4 Å². The first kappa shape index (κ1) is 21.0. The summed E-state index contributed by atoms with van der Waals surface area (Å²) in [5, 5.41) is 3.53. The number of aromatic amines is 1. The van der Waals surface area contributed by atoms with Gasteiger partial charge in [0.05, 0.1) is 30.2 Å². The van der Waals surface area contributed by atoms with E-state index < -0.39 is 23.7 Å². The van der Waals surface area contributed by atoms with Gasteiger partial charge in [-0.15, -0.1) is 0 Å². The van der Waals surface area contributed by atoms with E-state index >= 15 is 0 Å². The van der Waals surface area contributed by atoms with Crippen LogP contribution in [0.3, 0.4) is 0 Å². The van der Waals surface area contributed by atoms with Gasteiger partial charge in [-0.2, -0.15) is 13.2 Å². The van der Waals surface area contributed by atoms with E-state index in [2.05, 4.69) is 25.2 Å². The Bertz CT molecular complexity index is 1140. The molecule has 2 aliphatic rings. The van der Waals surface area contributed by atoms with E-state index in [0.29, 0.717) is 31.0 Å². The summed E-state index contributed by atoms with van der Waals surface area (Å²) < 4.78 is 65.0. The molecule has 2 N–H and O–H groups in total. The van der Waals surface area contributed by atoms with E-state index in [0.717, 1.165) is 6.07 Å². The third-order valence-corrected chi connectivity index (χ3v) is 5.87. The quantitative estimate of drug-likeness (QED) is 0.591. The zero-order chi connectivity index (χ0) is 22.5. The highest BCUT2D eigenvalue weighted by atomic mass is 19.4. The van der Waals surface area contributed by atoms with E-state index in [1.165, 1.54) is 18.5 Å². The number of alkyl halides is 3. The first-order valence-corrected chi connectivity index (χ1v) is 10.2. The predicted molar refractivity (Wildman–Crippen MR) is 108 cm³/mol. The zero-order valence-electron chi connectivity index (χ0n) is 17.1. The molecule has 0 aliphatic carbocycles. The lowest BCUT2D eigenvalue weighted by molar-refractivity contribution is -0.140. The predicted octanol–water partition coefficient (Wildman–Crippen LogP) is 3.75. The second kappa shape index (κ2) is 7.89. The Balaban J connectivity index is 1.55. The lowest BCUT2D eigenvalue weighted by Gasteiger charge is -2.43. The molecule has 4 heterocycles. The number of halogens is 4. The lowest BCUT2D eigenvalue weighted by Crippen LogP contribution is -2.54. The molecule has 32 heavy (non-hydrogen) atoms. The summed E-state index contributed by atoms with van der Waals surface area (Å²) in [6.45, 7) is 4.17. The van der Waals surface area contributed by atoms with Crippen LogP contribution in [-0.4, -0.2) is 58.3 Å². The van der Waals surface area contributed by atoms with Crippen molar-refractivity contribution in [3.63, 3.8) is 0 Å². The van der Waals surface area contributed by atoms with Crippen molar-refractivity contribution in [3.05, 3.63) is 47.7 Å². The first-order chi connectivity index (χ1) is 15.3. The van der Waals surface area contributed by atoms with Crippen LogP contribution in [0.5, 0.6) is 5.75 Å². The second-order valence-corrected chi connectivity index (χ2v) is 8.02. The number of nitrogens with zero attached hydrogens (tertiary/aromatic N) is 3. The molecular weight excluding hydrogens is 430 g/mol. The fourth-order valence-electron chi connectivity index (χ4n) is 4.36. The number of anilines is 1. The van der Waals surface area contributed by atoms with Gasteiger partial charge in [-0.3, -0.25) is 4.90 Å². The Labute approximate surface area is 180 Å². The maximum Gasteiger partial charge on any atom is 0.431 e. The van der Waals surface area contributed by atoms with Crippen LogP contribution in [0.2, 0.25) is 0 Å². The number of aromatic nitrogens is 3. The SMILES string of the molecule is C[C@H]1CN([C@H]2COc3cc(F)ccc3[C@@H]2Nc2ncnc3[nH]c(C(F)(F)F)cc23)CCO1. The Morgan fingerprint density at radius 3 is 2.84 bits per heavy atom. The van der Waals surface area contributed by atoms with Crippen LogP contribution in [0, 0.1) is 5.82 Å². The van der Waals surface area contributed by atoms with E-state index in [4.69, 9.17) is 9.47 Å². The third-order valence-electron chi connectivity index (χ3n) is 5.87. The molecule has 3 atom stereocenters. The lowest BCUT2D eigenvalue weighted by atomic mass is 9.94. The highest BCUT2D eigenvalue weighted by Crippen LogP contribution is 2.39. The van der Waals surface area contributed by atoms with Gasteiger partial charge in [0.25, 0.3) is 0 Å². The van der Waals surface area contributed by atoms with Crippen molar-refractivity contribution in [2.75, 3.05) is 31.6 Å². The van der Waals surface area contributed by atoms with Crippen LogP contribution in [0.25, 0.3) is 11.0 Å². The van der Waals surface area contributed by atoms with Crippen molar-refractivity contribution in [1.29, 1.82) is 0 Å².